The van der Waals surface area contributed by atoms with Crippen LogP contribution in [0.5, 0.6) is 11.5 Å². The number of nitrogens with one attached hydrogen (secondary N) is 1. The molecule has 0 amide bonds. The first-order valence-corrected chi connectivity index (χ1v) is 6.86. The minimum absolute atomic E-state index is 0.316. The molecule has 1 unspecified atom stereocenters. The van der Waals surface area contributed by atoms with E-state index in [1.165, 1.54) is 5.56 Å². The number of phenolic OH excluding ortho intramolecular Hbond substituents is 1. The summed E-state index contributed by atoms with van der Waals surface area (Å²) in [5, 5.41) is 12.7. The van der Waals surface area contributed by atoms with Crippen LogP contribution in [-0.2, 0) is 6.42 Å². The van der Waals surface area contributed by atoms with Crippen LogP contribution < -0.4 is 10.1 Å². The molecule has 2 rings (SSSR count). The Bertz CT molecular complexity index is 537. The minimum Gasteiger partial charge on any atom is -0.508 e. The first kappa shape index (κ1) is 14.3. The van der Waals surface area contributed by atoms with Crippen LogP contribution in [0.3, 0.4) is 0 Å². The second-order valence-electron chi connectivity index (χ2n) is 4.98. The molecule has 0 spiro atoms. The molecule has 0 heterocycles. The van der Waals surface area contributed by atoms with Gasteiger partial charge in [-0.2, -0.15) is 0 Å². The number of aryl methyl sites for hydroxylation is 1. The number of phenols is 1. The topological polar surface area (TPSA) is 41.5 Å². The van der Waals surface area contributed by atoms with E-state index >= 15 is 0 Å². The zero-order valence-corrected chi connectivity index (χ0v) is 12.0. The normalized spacial score (nSPS) is 11.9. The van der Waals surface area contributed by atoms with Gasteiger partial charge in [0.05, 0.1) is 7.11 Å². The van der Waals surface area contributed by atoms with Gasteiger partial charge in [0, 0.05) is 17.8 Å². The Morgan fingerprint density at radius 2 is 1.90 bits per heavy atom. The number of hydrogen-bond acceptors (Lipinski definition) is 3. The Labute approximate surface area is 120 Å². The molecule has 106 valence electrons. The van der Waals surface area contributed by atoms with Gasteiger partial charge < -0.3 is 15.2 Å². The highest BCUT2D eigenvalue weighted by Gasteiger charge is 2.04. The number of ether oxygens (including phenoxy) is 1. The Hall–Kier alpha value is -2.16. The van der Waals surface area contributed by atoms with Gasteiger partial charge in [0.1, 0.15) is 11.5 Å². The lowest BCUT2D eigenvalue weighted by Gasteiger charge is -2.16. The van der Waals surface area contributed by atoms with Crippen molar-refractivity contribution >= 4 is 5.69 Å². The summed E-state index contributed by atoms with van der Waals surface area (Å²) in [5.41, 5.74) is 2.31. The number of rotatable bonds is 6. The van der Waals surface area contributed by atoms with E-state index in [0.29, 0.717) is 11.8 Å². The van der Waals surface area contributed by atoms with Crippen molar-refractivity contribution in [2.24, 2.45) is 0 Å². The summed E-state index contributed by atoms with van der Waals surface area (Å²) in [4.78, 5) is 0. The van der Waals surface area contributed by atoms with Crippen LogP contribution in [-0.4, -0.2) is 18.3 Å². The predicted molar refractivity (Wildman–Crippen MR) is 82.5 cm³/mol. The molecule has 1 atom stereocenters. The fourth-order valence-corrected chi connectivity index (χ4v) is 2.12. The van der Waals surface area contributed by atoms with Gasteiger partial charge in [0.2, 0.25) is 0 Å². The zero-order chi connectivity index (χ0) is 14.4. The van der Waals surface area contributed by atoms with Gasteiger partial charge in [-0.15, -0.1) is 0 Å². The lowest BCUT2D eigenvalue weighted by Crippen LogP contribution is -2.15. The molecular weight excluding hydrogens is 250 g/mol. The van der Waals surface area contributed by atoms with Crippen molar-refractivity contribution in [2.45, 2.75) is 25.8 Å². The Morgan fingerprint density at radius 1 is 1.15 bits per heavy atom. The molecule has 2 N–H and O–H groups in total. The minimum atomic E-state index is 0.316. The number of anilines is 1. The third-order valence-corrected chi connectivity index (χ3v) is 3.29. The lowest BCUT2D eigenvalue weighted by atomic mass is 10.1. The molecule has 2 aromatic carbocycles. The average Bonchev–Trinajstić information content (AvgIpc) is 2.47. The van der Waals surface area contributed by atoms with Gasteiger partial charge >= 0.3 is 0 Å². The summed E-state index contributed by atoms with van der Waals surface area (Å²) < 4.78 is 5.21. The molecule has 0 aliphatic heterocycles. The van der Waals surface area contributed by atoms with Crippen molar-refractivity contribution in [3.8, 4) is 11.5 Å². The van der Waals surface area contributed by atoms with E-state index in [4.69, 9.17) is 4.74 Å². The average molecular weight is 271 g/mol. The van der Waals surface area contributed by atoms with E-state index in [0.717, 1.165) is 24.3 Å². The summed E-state index contributed by atoms with van der Waals surface area (Å²) in [6.07, 6.45) is 2.01. The summed E-state index contributed by atoms with van der Waals surface area (Å²) in [7, 11) is 1.67. The van der Waals surface area contributed by atoms with Gasteiger partial charge in [-0.25, -0.2) is 0 Å². The molecule has 0 aliphatic carbocycles. The van der Waals surface area contributed by atoms with Crippen molar-refractivity contribution in [1.82, 2.24) is 0 Å². The summed E-state index contributed by atoms with van der Waals surface area (Å²) in [6.45, 7) is 2.17. The number of hydrogen-bond donors (Lipinski definition) is 2. The Morgan fingerprint density at radius 3 is 2.60 bits per heavy atom. The van der Waals surface area contributed by atoms with E-state index in [1.54, 1.807) is 19.2 Å². The third kappa shape index (κ3) is 4.19. The molecule has 2 aromatic rings. The first-order valence-electron chi connectivity index (χ1n) is 6.86. The first-order chi connectivity index (χ1) is 9.67. The lowest BCUT2D eigenvalue weighted by molar-refractivity contribution is 0.415. The van der Waals surface area contributed by atoms with Crippen molar-refractivity contribution < 1.29 is 9.84 Å². The van der Waals surface area contributed by atoms with E-state index in [2.05, 4.69) is 12.2 Å². The highest BCUT2D eigenvalue weighted by atomic mass is 16.5. The second kappa shape index (κ2) is 6.85. The molecule has 0 fully saturated rings. The van der Waals surface area contributed by atoms with Crippen LogP contribution in [0.2, 0.25) is 0 Å². The molecule has 3 heteroatoms. The van der Waals surface area contributed by atoms with E-state index in [1.807, 2.05) is 36.4 Å². The van der Waals surface area contributed by atoms with Crippen molar-refractivity contribution in [2.75, 3.05) is 12.4 Å². The molecule has 0 saturated heterocycles. The quantitative estimate of drug-likeness (QED) is 0.839. The van der Waals surface area contributed by atoms with Crippen molar-refractivity contribution in [3.63, 3.8) is 0 Å². The maximum Gasteiger partial charge on any atom is 0.120 e. The van der Waals surface area contributed by atoms with Crippen LogP contribution in [0, 0.1) is 0 Å². The maximum atomic E-state index is 9.25. The van der Waals surface area contributed by atoms with Gasteiger partial charge in [-0.3, -0.25) is 0 Å². The number of aromatic hydroxyl groups is 1. The molecular formula is C17H21NO2. The molecule has 0 saturated carbocycles. The number of methoxy groups -OCH3 is 1. The summed E-state index contributed by atoms with van der Waals surface area (Å²) >= 11 is 0. The van der Waals surface area contributed by atoms with Crippen LogP contribution in [0.4, 0.5) is 5.69 Å². The zero-order valence-electron chi connectivity index (χ0n) is 12.0. The fraction of sp³-hybridized carbons (Fsp3) is 0.294. The predicted octanol–water partition coefficient (Wildman–Crippen LogP) is 3.83. The number of benzene rings is 2. The molecule has 20 heavy (non-hydrogen) atoms. The highest BCUT2D eigenvalue weighted by Crippen LogP contribution is 2.19. The van der Waals surface area contributed by atoms with Crippen LogP contribution in [0.25, 0.3) is 0 Å². The smallest absolute Gasteiger partial charge is 0.120 e. The maximum absolute atomic E-state index is 9.25. The van der Waals surface area contributed by atoms with Gasteiger partial charge in [0.25, 0.3) is 0 Å². The van der Waals surface area contributed by atoms with Crippen molar-refractivity contribution in [1.29, 1.82) is 0 Å². The second-order valence-corrected chi connectivity index (χ2v) is 4.98. The fourth-order valence-electron chi connectivity index (χ4n) is 2.12. The molecule has 0 aromatic heterocycles. The summed E-state index contributed by atoms with van der Waals surface area (Å²) in [6, 6.07) is 15.7. The standard InChI is InChI=1S/C17H21NO2/c1-13(6-7-14-8-10-16(19)11-9-14)18-15-4-3-5-17(12-15)20-2/h3-5,8-13,18-19H,6-7H2,1-2H3. The van der Waals surface area contributed by atoms with Gasteiger partial charge in [0.15, 0.2) is 0 Å². The summed E-state index contributed by atoms with van der Waals surface area (Å²) in [5.74, 6) is 1.18. The van der Waals surface area contributed by atoms with E-state index in [-0.39, 0.29) is 0 Å². The SMILES string of the molecule is COc1cccc(NC(C)CCc2ccc(O)cc2)c1. The highest BCUT2D eigenvalue weighted by molar-refractivity contribution is 5.48. The van der Waals surface area contributed by atoms with Gasteiger partial charge in [-0.05, 0) is 49.6 Å². The molecule has 3 nitrogen and oxygen atoms in total. The van der Waals surface area contributed by atoms with Crippen LogP contribution in [0.1, 0.15) is 18.9 Å². The van der Waals surface area contributed by atoms with Crippen LogP contribution >= 0.6 is 0 Å². The molecule has 0 radical (unpaired) electrons. The Balaban J connectivity index is 1.85. The van der Waals surface area contributed by atoms with Crippen molar-refractivity contribution in [3.05, 3.63) is 54.1 Å². The largest absolute Gasteiger partial charge is 0.508 e. The Kier molecular flexibility index (Phi) is 4.88. The van der Waals surface area contributed by atoms with E-state index < -0.39 is 0 Å². The monoisotopic (exact) mass is 271 g/mol. The van der Waals surface area contributed by atoms with E-state index in [9.17, 15) is 5.11 Å². The molecule has 0 bridgehead atoms. The molecule has 0 aliphatic rings. The van der Waals surface area contributed by atoms with Gasteiger partial charge in [-0.1, -0.05) is 18.2 Å². The third-order valence-electron chi connectivity index (χ3n) is 3.29. The van der Waals surface area contributed by atoms with Crippen LogP contribution in [0.15, 0.2) is 48.5 Å².